The number of hydrogen-bond donors (Lipinski definition) is 0. The van der Waals surface area contributed by atoms with Gasteiger partial charge in [0.1, 0.15) is 5.60 Å². The van der Waals surface area contributed by atoms with Gasteiger partial charge in [0.2, 0.25) is 0 Å². The fourth-order valence-corrected chi connectivity index (χ4v) is 1.65. The van der Waals surface area contributed by atoms with Crippen LogP contribution in [0.2, 0.25) is 0 Å². The highest BCUT2D eigenvalue weighted by Gasteiger charge is 2.31. The van der Waals surface area contributed by atoms with Crippen molar-refractivity contribution in [3.63, 3.8) is 0 Å². The second-order valence-electron chi connectivity index (χ2n) is 4.99. The van der Waals surface area contributed by atoms with Crippen LogP contribution in [0.25, 0.3) is 10.4 Å². The number of nitrogens with zero attached hydrogens (tertiary/aromatic N) is 3. The van der Waals surface area contributed by atoms with E-state index < -0.39 is 5.60 Å². The minimum Gasteiger partial charge on any atom is -0.460 e. The van der Waals surface area contributed by atoms with Gasteiger partial charge >= 0.3 is 5.97 Å². The van der Waals surface area contributed by atoms with Gasteiger partial charge in [0.15, 0.2) is 0 Å². The first-order chi connectivity index (χ1) is 6.90. The fourth-order valence-electron chi connectivity index (χ4n) is 1.65. The Bertz CT molecular complexity index is 284. The molecule has 0 heterocycles. The quantitative estimate of drug-likeness (QED) is 0.311. The van der Waals surface area contributed by atoms with Crippen LogP contribution in [0.1, 0.15) is 40.0 Å². The van der Waals surface area contributed by atoms with Gasteiger partial charge in [-0.05, 0) is 45.1 Å². The second kappa shape index (κ2) is 4.53. The molecular weight excluding hydrogens is 194 g/mol. The zero-order valence-electron chi connectivity index (χ0n) is 9.43. The van der Waals surface area contributed by atoms with Crippen LogP contribution in [-0.2, 0) is 9.53 Å². The zero-order chi connectivity index (χ0) is 11.5. The van der Waals surface area contributed by atoms with Crippen molar-refractivity contribution in [3.8, 4) is 0 Å². The smallest absolute Gasteiger partial charge is 0.306 e. The number of hydrogen-bond acceptors (Lipinski definition) is 3. The monoisotopic (exact) mass is 211 g/mol. The Morgan fingerprint density at radius 3 is 2.60 bits per heavy atom. The molecule has 0 spiro atoms. The van der Waals surface area contributed by atoms with Gasteiger partial charge in [0.05, 0.1) is 0 Å². The molecular formula is C10H17N3O2. The van der Waals surface area contributed by atoms with Crippen LogP contribution in [0, 0.1) is 5.92 Å². The summed E-state index contributed by atoms with van der Waals surface area (Å²) in [6.07, 6.45) is 2.06. The molecule has 1 saturated carbocycles. The number of ether oxygens (including phenoxy) is 1. The zero-order valence-corrected chi connectivity index (χ0v) is 9.43. The molecule has 0 aromatic heterocycles. The molecule has 0 unspecified atom stereocenters. The van der Waals surface area contributed by atoms with E-state index in [4.69, 9.17) is 10.3 Å². The first-order valence-corrected chi connectivity index (χ1v) is 5.17. The lowest BCUT2D eigenvalue weighted by atomic mass is 9.79. The largest absolute Gasteiger partial charge is 0.460 e. The van der Waals surface area contributed by atoms with E-state index in [1.165, 1.54) is 0 Å². The molecule has 0 aromatic rings. The maximum absolute atomic E-state index is 11.4. The highest BCUT2D eigenvalue weighted by molar-refractivity contribution is 5.70. The minimum absolute atomic E-state index is 0.0856. The van der Waals surface area contributed by atoms with E-state index in [1.807, 2.05) is 20.8 Å². The van der Waals surface area contributed by atoms with Gasteiger partial charge in [-0.3, -0.25) is 4.79 Å². The van der Waals surface area contributed by atoms with Crippen molar-refractivity contribution in [3.05, 3.63) is 10.4 Å². The van der Waals surface area contributed by atoms with Gasteiger partial charge in [-0.25, -0.2) is 0 Å². The standard InChI is InChI=1S/C10H17N3O2/c1-10(2,3)15-9(14)6-7-4-8(5-7)12-13-11/h7-8H,4-6H2,1-3H3. The molecule has 0 aromatic carbocycles. The molecule has 1 rings (SSSR count). The number of carbonyl (C=O) groups is 1. The van der Waals surface area contributed by atoms with E-state index in [0.29, 0.717) is 12.3 Å². The Balaban J connectivity index is 2.22. The first kappa shape index (κ1) is 11.9. The van der Waals surface area contributed by atoms with Crippen molar-refractivity contribution in [1.29, 1.82) is 0 Å². The minimum atomic E-state index is -0.412. The van der Waals surface area contributed by atoms with Crippen LogP contribution in [0.5, 0.6) is 0 Å². The first-order valence-electron chi connectivity index (χ1n) is 5.17. The maximum Gasteiger partial charge on any atom is 0.306 e. The molecule has 0 atom stereocenters. The summed E-state index contributed by atoms with van der Waals surface area (Å²) in [6.45, 7) is 5.57. The molecule has 1 aliphatic rings. The summed E-state index contributed by atoms with van der Waals surface area (Å²) in [5.74, 6) is 0.169. The molecule has 84 valence electrons. The van der Waals surface area contributed by atoms with Crippen molar-refractivity contribution < 1.29 is 9.53 Å². The normalized spacial score (nSPS) is 25.0. The fraction of sp³-hybridized carbons (Fsp3) is 0.900. The van der Waals surface area contributed by atoms with Gasteiger partial charge < -0.3 is 4.74 Å². The summed E-state index contributed by atoms with van der Waals surface area (Å²) in [4.78, 5) is 14.1. The predicted molar refractivity (Wildman–Crippen MR) is 56.1 cm³/mol. The number of carbonyl (C=O) groups excluding carboxylic acids is 1. The summed E-state index contributed by atoms with van der Waals surface area (Å²) in [5.41, 5.74) is 7.78. The number of rotatable bonds is 3. The number of esters is 1. The summed E-state index contributed by atoms with van der Waals surface area (Å²) < 4.78 is 5.20. The Morgan fingerprint density at radius 2 is 2.13 bits per heavy atom. The molecule has 0 bridgehead atoms. The third kappa shape index (κ3) is 4.21. The molecule has 1 fully saturated rings. The summed E-state index contributed by atoms with van der Waals surface area (Å²) in [5, 5.41) is 3.59. The Kier molecular flexibility index (Phi) is 3.58. The summed E-state index contributed by atoms with van der Waals surface area (Å²) in [6, 6.07) is 0.0856. The molecule has 1 aliphatic carbocycles. The van der Waals surface area contributed by atoms with Crippen molar-refractivity contribution >= 4 is 5.97 Å². The summed E-state index contributed by atoms with van der Waals surface area (Å²) in [7, 11) is 0. The topological polar surface area (TPSA) is 75.1 Å². The Labute approximate surface area is 89.4 Å². The molecule has 0 radical (unpaired) electrons. The Morgan fingerprint density at radius 1 is 1.53 bits per heavy atom. The molecule has 0 amide bonds. The SMILES string of the molecule is CC(C)(C)OC(=O)CC1CC(N=[N+]=[N-])C1. The molecule has 0 aliphatic heterocycles. The van der Waals surface area contributed by atoms with E-state index >= 15 is 0 Å². The van der Waals surface area contributed by atoms with Crippen molar-refractivity contribution in [2.24, 2.45) is 11.0 Å². The molecule has 0 N–H and O–H groups in total. The lowest BCUT2D eigenvalue weighted by Gasteiger charge is -2.32. The number of azide groups is 1. The van der Waals surface area contributed by atoms with Crippen LogP contribution in [0.15, 0.2) is 5.11 Å². The summed E-state index contributed by atoms with van der Waals surface area (Å²) >= 11 is 0. The van der Waals surface area contributed by atoms with Gasteiger partial charge in [-0.1, -0.05) is 5.11 Å². The van der Waals surface area contributed by atoms with Crippen LogP contribution < -0.4 is 0 Å². The third-order valence-corrected chi connectivity index (χ3v) is 2.30. The van der Waals surface area contributed by atoms with Crippen molar-refractivity contribution in [2.75, 3.05) is 0 Å². The maximum atomic E-state index is 11.4. The molecule has 5 nitrogen and oxygen atoms in total. The van der Waals surface area contributed by atoms with Gasteiger partial charge in [0, 0.05) is 17.4 Å². The van der Waals surface area contributed by atoms with Gasteiger partial charge in [-0.2, -0.15) is 0 Å². The van der Waals surface area contributed by atoms with Crippen molar-refractivity contribution in [1.82, 2.24) is 0 Å². The predicted octanol–water partition coefficient (Wildman–Crippen LogP) is 2.81. The van der Waals surface area contributed by atoms with Crippen LogP contribution >= 0.6 is 0 Å². The highest BCUT2D eigenvalue weighted by atomic mass is 16.6. The van der Waals surface area contributed by atoms with E-state index in [1.54, 1.807) is 0 Å². The van der Waals surface area contributed by atoms with E-state index in [-0.39, 0.29) is 12.0 Å². The van der Waals surface area contributed by atoms with Crippen molar-refractivity contribution in [2.45, 2.75) is 51.7 Å². The van der Waals surface area contributed by atoms with E-state index in [0.717, 1.165) is 12.8 Å². The third-order valence-electron chi connectivity index (χ3n) is 2.30. The van der Waals surface area contributed by atoms with Gasteiger partial charge in [0.25, 0.3) is 0 Å². The molecule has 0 saturated heterocycles. The van der Waals surface area contributed by atoms with Gasteiger partial charge in [-0.15, -0.1) is 0 Å². The highest BCUT2D eigenvalue weighted by Crippen LogP contribution is 2.33. The second-order valence-corrected chi connectivity index (χ2v) is 4.99. The van der Waals surface area contributed by atoms with Crippen LogP contribution in [-0.4, -0.2) is 17.6 Å². The Hall–Kier alpha value is -1.22. The lowest BCUT2D eigenvalue weighted by Crippen LogP contribution is -2.31. The van der Waals surface area contributed by atoms with Crippen LogP contribution in [0.4, 0.5) is 0 Å². The molecule has 15 heavy (non-hydrogen) atoms. The average molecular weight is 211 g/mol. The van der Waals surface area contributed by atoms with Crippen LogP contribution in [0.3, 0.4) is 0 Å². The molecule has 5 heteroatoms. The van der Waals surface area contributed by atoms with E-state index in [2.05, 4.69) is 10.0 Å². The average Bonchev–Trinajstić information content (AvgIpc) is 1.97. The van der Waals surface area contributed by atoms with E-state index in [9.17, 15) is 4.79 Å². The lowest BCUT2D eigenvalue weighted by molar-refractivity contribution is -0.156.